The second-order valence-electron chi connectivity index (χ2n) is 9.86. The molecule has 1 amide bonds. The summed E-state index contributed by atoms with van der Waals surface area (Å²) in [6.45, 7) is 13.9. The number of aliphatic hydroxyl groups is 1. The molecule has 0 radical (unpaired) electrons. The molecule has 1 aliphatic heterocycles. The molecule has 0 bridgehead atoms. The predicted molar refractivity (Wildman–Crippen MR) is 99.1 cm³/mol. The van der Waals surface area contributed by atoms with Gasteiger partial charge >= 0.3 is 7.12 Å². The van der Waals surface area contributed by atoms with E-state index in [0.717, 1.165) is 6.42 Å². The number of amides is 1. The van der Waals surface area contributed by atoms with Gasteiger partial charge < -0.3 is 25.5 Å². The van der Waals surface area contributed by atoms with Gasteiger partial charge in [-0.15, -0.1) is 0 Å². The van der Waals surface area contributed by atoms with Crippen molar-refractivity contribution in [2.24, 2.45) is 11.7 Å². The number of carbonyl (C=O) groups excluding carboxylic acids is 1. The summed E-state index contributed by atoms with van der Waals surface area (Å²) in [7, 11) is -0.284. The van der Waals surface area contributed by atoms with E-state index < -0.39 is 11.6 Å². The lowest BCUT2D eigenvalue weighted by atomic mass is 9.78. The van der Waals surface area contributed by atoms with E-state index in [2.05, 4.69) is 5.32 Å². The van der Waals surface area contributed by atoms with Crippen LogP contribution < -0.4 is 11.1 Å². The molecule has 1 aliphatic carbocycles. The smallest absolute Gasteiger partial charge is 0.403 e. The van der Waals surface area contributed by atoms with Crippen LogP contribution >= 0.6 is 0 Å². The molecular weight excluding hydrogens is 319 g/mol. The Bertz CT molecular complexity index is 502. The highest BCUT2D eigenvalue weighted by molar-refractivity contribution is 6.45. The van der Waals surface area contributed by atoms with Gasteiger partial charge in [-0.25, -0.2) is 0 Å². The highest BCUT2D eigenvalue weighted by Gasteiger charge is 2.52. The maximum Gasteiger partial charge on any atom is 0.457 e. The fourth-order valence-corrected chi connectivity index (χ4v) is 3.61. The number of rotatable bonds is 4. The van der Waals surface area contributed by atoms with Crippen LogP contribution in [-0.2, 0) is 14.1 Å². The maximum absolute atomic E-state index is 12.5. The molecule has 25 heavy (non-hydrogen) atoms. The molecular formula is C18H35BN2O4. The van der Waals surface area contributed by atoms with Crippen LogP contribution in [0.25, 0.3) is 0 Å². The molecule has 0 aromatic heterocycles. The van der Waals surface area contributed by atoms with Crippen LogP contribution in [0.4, 0.5) is 0 Å². The van der Waals surface area contributed by atoms with Crippen LogP contribution in [0.1, 0.15) is 67.7 Å². The first-order valence-corrected chi connectivity index (χ1v) is 9.30. The Balaban J connectivity index is 1.91. The summed E-state index contributed by atoms with van der Waals surface area (Å²) in [6.07, 6.45) is 1.61. The zero-order chi connectivity index (χ0) is 19.3. The number of hydrogen-bond acceptors (Lipinski definition) is 5. The molecule has 0 aromatic rings. The Morgan fingerprint density at radius 3 is 2.20 bits per heavy atom. The number of nitrogens with one attached hydrogen (secondary N) is 1. The Morgan fingerprint density at radius 2 is 1.72 bits per heavy atom. The summed E-state index contributed by atoms with van der Waals surface area (Å²) in [4.78, 5) is 12.5. The van der Waals surface area contributed by atoms with E-state index in [1.807, 2.05) is 48.5 Å². The third kappa shape index (κ3) is 4.56. The standard InChI is InChI=1S/C18H35BN2O4/c1-15(2,3)21-14(23)18(20)10-12(13(22)11-18)8-9-19-24-16(4,5)17(6,7)25-19/h12-13,22H,8-11,20H2,1-7H3,(H,21,23)/t12-,13-,18+/m0/s1. The predicted octanol–water partition coefficient (Wildman–Crippen LogP) is 1.85. The number of carbonyl (C=O) groups is 1. The summed E-state index contributed by atoms with van der Waals surface area (Å²) in [6, 6.07) is 0. The molecule has 7 heteroatoms. The lowest BCUT2D eigenvalue weighted by Crippen LogP contribution is -2.57. The van der Waals surface area contributed by atoms with Crippen LogP contribution in [0, 0.1) is 5.92 Å². The quantitative estimate of drug-likeness (QED) is 0.670. The molecule has 1 heterocycles. The van der Waals surface area contributed by atoms with Crippen molar-refractivity contribution in [3.63, 3.8) is 0 Å². The van der Waals surface area contributed by atoms with Crippen molar-refractivity contribution >= 4 is 13.0 Å². The van der Waals surface area contributed by atoms with Gasteiger partial charge in [0.2, 0.25) is 5.91 Å². The lowest BCUT2D eigenvalue weighted by Gasteiger charge is -2.32. The topological polar surface area (TPSA) is 93.8 Å². The molecule has 144 valence electrons. The van der Waals surface area contributed by atoms with Crippen LogP contribution in [-0.4, -0.2) is 46.5 Å². The van der Waals surface area contributed by atoms with Gasteiger partial charge in [-0.3, -0.25) is 4.79 Å². The molecule has 1 saturated heterocycles. The summed E-state index contributed by atoms with van der Waals surface area (Å²) in [5.74, 6) is -0.202. The summed E-state index contributed by atoms with van der Waals surface area (Å²) >= 11 is 0. The minimum absolute atomic E-state index is 0.0188. The van der Waals surface area contributed by atoms with E-state index >= 15 is 0 Å². The minimum atomic E-state index is -1.01. The number of aliphatic hydroxyl groups excluding tert-OH is 1. The van der Waals surface area contributed by atoms with E-state index in [9.17, 15) is 9.90 Å². The first kappa shape index (κ1) is 20.7. The second-order valence-corrected chi connectivity index (χ2v) is 9.86. The summed E-state index contributed by atoms with van der Waals surface area (Å²) in [5, 5.41) is 13.3. The van der Waals surface area contributed by atoms with E-state index in [1.54, 1.807) is 0 Å². The Morgan fingerprint density at radius 1 is 1.20 bits per heavy atom. The first-order chi connectivity index (χ1) is 11.2. The van der Waals surface area contributed by atoms with Crippen molar-refractivity contribution in [3.05, 3.63) is 0 Å². The van der Waals surface area contributed by atoms with Gasteiger partial charge in [0.25, 0.3) is 0 Å². The fourth-order valence-electron chi connectivity index (χ4n) is 3.61. The molecule has 0 spiro atoms. The molecule has 0 unspecified atom stereocenters. The number of nitrogens with two attached hydrogens (primary N) is 1. The molecule has 2 fully saturated rings. The third-order valence-corrected chi connectivity index (χ3v) is 5.76. The van der Waals surface area contributed by atoms with Crippen molar-refractivity contribution < 1.29 is 19.2 Å². The van der Waals surface area contributed by atoms with Gasteiger partial charge in [-0.1, -0.05) is 0 Å². The Hall–Kier alpha value is -0.625. The average molecular weight is 354 g/mol. The minimum Gasteiger partial charge on any atom is -0.403 e. The van der Waals surface area contributed by atoms with Gasteiger partial charge in [0, 0.05) is 12.0 Å². The van der Waals surface area contributed by atoms with Gasteiger partial charge in [0.1, 0.15) is 0 Å². The van der Waals surface area contributed by atoms with Crippen LogP contribution in [0.5, 0.6) is 0 Å². The van der Waals surface area contributed by atoms with Crippen LogP contribution in [0.15, 0.2) is 0 Å². The SMILES string of the molecule is CC(C)(C)NC(=O)[C@@]1(N)C[C@H](CCB2OC(C)(C)C(C)(C)O2)[C@@H](O)C1. The van der Waals surface area contributed by atoms with Crippen molar-refractivity contribution in [2.75, 3.05) is 0 Å². The molecule has 4 N–H and O–H groups in total. The van der Waals surface area contributed by atoms with Crippen molar-refractivity contribution in [3.8, 4) is 0 Å². The van der Waals surface area contributed by atoms with Crippen molar-refractivity contribution in [1.29, 1.82) is 0 Å². The highest BCUT2D eigenvalue weighted by atomic mass is 16.7. The van der Waals surface area contributed by atoms with Crippen molar-refractivity contribution in [2.45, 2.75) is 102 Å². The lowest BCUT2D eigenvalue weighted by molar-refractivity contribution is -0.128. The summed E-state index contributed by atoms with van der Waals surface area (Å²) < 4.78 is 12.0. The zero-order valence-electron chi connectivity index (χ0n) is 16.8. The second kappa shape index (κ2) is 6.52. The summed E-state index contributed by atoms with van der Waals surface area (Å²) in [5.41, 5.74) is 4.28. The Kier molecular flexibility index (Phi) is 5.39. The van der Waals surface area contributed by atoms with Gasteiger partial charge in [-0.2, -0.15) is 0 Å². The number of hydrogen-bond donors (Lipinski definition) is 3. The molecule has 2 aliphatic rings. The van der Waals surface area contributed by atoms with Gasteiger partial charge in [0.15, 0.2) is 0 Å². The monoisotopic (exact) mass is 354 g/mol. The Labute approximate surface area is 152 Å². The maximum atomic E-state index is 12.5. The van der Waals surface area contributed by atoms with Gasteiger partial charge in [-0.05, 0) is 73.5 Å². The molecule has 6 nitrogen and oxygen atoms in total. The van der Waals surface area contributed by atoms with Crippen LogP contribution in [0.3, 0.4) is 0 Å². The molecule has 3 atom stereocenters. The normalized spacial score (nSPS) is 34.4. The largest absolute Gasteiger partial charge is 0.457 e. The van der Waals surface area contributed by atoms with Gasteiger partial charge in [0.05, 0.1) is 22.8 Å². The van der Waals surface area contributed by atoms with E-state index in [1.165, 1.54) is 0 Å². The first-order valence-electron chi connectivity index (χ1n) is 9.30. The zero-order valence-corrected chi connectivity index (χ0v) is 16.8. The van der Waals surface area contributed by atoms with E-state index in [0.29, 0.717) is 19.2 Å². The highest BCUT2D eigenvalue weighted by Crippen LogP contribution is 2.41. The molecule has 1 saturated carbocycles. The molecule has 2 rings (SSSR count). The average Bonchev–Trinajstić information content (AvgIpc) is 2.79. The van der Waals surface area contributed by atoms with E-state index in [-0.39, 0.29) is 35.7 Å². The fraction of sp³-hybridized carbons (Fsp3) is 0.944. The van der Waals surface area contributed by atoms with Crippen LogP contribution in [0.2, 0.25) is 6.32 Å². The van der Waals surface area contributed by atoms with E-state index in [4.69, 9.17) is 15.0 Å². The van der Waals surface area contributed by atoms with Crippen molar-refractivity contribution in [1.82, 2.24) is 5.32 Å². The molecule has 0 aromatic carbocycles. The third-order valence-electron chi connectivity index (χ3n) is 5.76.